The molecule has 0 aromatic carbocycles. The quantitative estimate of drug-likeness (QED) is 0.803. The molecule has 8 heteroatoms. The molecule has 0 spiro atoms. The van der Waals surface area contributed by atoms with E-state index >= 15 is 0 Å². The summed E-state index contributed by atoms with van der Waals surface area (Å²) in [5.41, 5.74) is 0. The first-order valence-corrected chi connectivity index (χ1v) is 8.96. The molecule has 1 unspecified atom stereocenters. The molecular formula is C10H15NO4S3. The van der Waals surface area contributed by atoms with Crippen LogP contribution >= 0.6 is 23.1 Å². The van der Waals surface area contributed by atoms with Crippen molar-refractivity contribution < 1.29 is 18.3 Å². The summed E-state index contributed by atoms with van der Waals surface area (Å²) in [5, 5.41) is 10.4. The molecule has 0 aliphatic heterocycles. The van der Waals surface area contributed by atoms with Gasteiger partial charge in [-0.3, -0.25) is 0 Å². The Balaban J connectivity index is 2.86. The van der Waals surface area contributed by atoms with Crippen molar-refractivity contribution in [3.63, 3.8) is 0 Å². The highest BCUT2D eigenvalue weighted by atomic mass is 32.2. The van der Waals surface area contributed by atoms with E-state index in [2.05, 4.69) is 4.72 Å². The Morgan fingerprint density at radius 2 is 2.28 bits per heavy atom. The van der Waals surface area contributed by atoms with Crippen LogP contribution in [0.15, 0.2) is 16.3 Å². The summed E-state index contributed by atoms with van der Waals surface area (Å²) in [5.74, 6) is -0.374. The third-order valence-electron chi connectivity index (χ3n) is 2.22. The Bertz CT molecular complexity index is 509. The molecule has 1 rings (SSSR count). The van der Waals surface area contributed by atoms with Gasteiger partial charge in [0.1, 0.15) is 9.77 Å². The Morgan fingerprint density at radius 3 is 2.83 bits per heavy atom. The lowest BCUT2D eigenvalue weighted by molar-refractivity contribution is 0.0698. The predicted molar refractivity (Wildman–Crippen MR) is 74.1 cm³/mol. The second-order valence-electron chi connectivity index (χ2n) is 3.72. The normalized spacial score (nSPS) is 13.4. The predicted octanol–water partition coefficient (Wildman–Crippen LogP) is 1.87. The average Bonchev–Trinajstić information content (AvgIpc) is 2.75. The number of carboxylic acids is 1. The minimum atomic E-state index is -3.75. The number of sulfonamides is 1. The zero-order chi connectivity index (χ0) is 13.8. The van der Waals surface area contributed by atoms with Crippen molar-refractivity contribution in [1.29, 1.82) is 0 Å². The first-order valence-electron chi connectivity index (χ1n) is 5.20. The SMILES string of the molecule is CSCCC(C)NS(=O)(=O)c1ccsc1C(=O)O. The Kier molecular flexibility index (Phi) is 5.64. The first kappa shape index (κ1) is 15.5. The van der Waals surface area contributed by atoms with Crippen LogP contribution in [0.4, 0.5) is 0 Å². The van der Waals surface area contributed by atoms with Crippen LogP contribution in [-0.4, -0.2) is 37.5 Å². The summed E-state index contributed by atoms with van der Waals surface area (Å²) in [6.07, 6.45) is 2.65. The minimum absolute atomic E-state index is 0.153. The summed E-state index contributed by atoms with van der Waals surface area (Å²) in [4.78, 5) is 10.6. The van der Waals surface area contributed by atoms with Gasteiger partial charge in [0.15, 0.2) is 0 Å². The second-order valence-corrected chi connectivity index (χ2v) is 7.31. The summed E-state index contributed by atoms with van der Waals surface area (Å²) in [6.45, 7) is 1.76. The Labute approximate surface area is 115 Å². The number of carboxylic acid groups (broad SMARTS) is 1. The second kappa shape index (κ2) is 6.55. The van der Waals surface area contributed by atoms with Gasteiger partial charge in [-0.05, 0) is 36.8 Å². The molecule has 0 amide bonds. The minimum Gasteiger partial charge on any atom is -0.477 e. The van der Waals surface area contributed by atoms with Crippen molar-refractivity contribution >= 4 is 39.1 Å². The molecule has 0 radical (unpaired) electrons. The molecular weight excluding hydrogens is 294 g/mol. The maximum Gasteiger partial charge on any atom is 0.347 e. The topological polar surface area (TPSA) is 83.5 Å². The summed E-state index contributed by atoms with van der Waals surface area (Å²) in [7, 11) is -3.75. The number of carbonyl (C=O) groups is 1. The van der Waals surface area contributed by atoms with Gasteiger partial charge in [0, 0.05) is 6.04 Å². The molecule has 2 N–H and O–H groups in total. The van der Waals surface area contributed by atoms with Gasteiger partial charge in [-0.2, -0.15) is 11.8 Å². The van der Waals surface area contributed by atoms with Gasteiger partial charge in [0.2, 0.25) is 10.0 Å². The molecule has 1 aromatic rings. The molecule has 102 valence electrons. The van der Waals surface area contributed by atoms with Crippen LogP contribution in [0.5, 0.6) is 0 Å². The van der Waals surface area contributed by atoms with Crippen molar-refractivity contribution in [3.05, 3.63) is 16.3 Å². The lowest BCUT2D eigenvalue weighted by atomic mass is 10.3. The largest absolute Gasteiger partial charge is 0.477 e. The molecule has 0 aliphatic carbocycles. The van der Waals surface area contributed by atoms with Gasteiger partial charge in [-0.25, -0.2) is 17.9 Å². The van der Waals surface area contributed by atoms with Crippen LogP contribution in [0.1, 0.15) is 23.0 Å². The molecule has 1 aromatic heterocycles. The van der Waals surface area contributed by atoms with E-state index in [9.17, 15) is 13.2 Å². The number of thioether (sulfide) groups is 1. The fourth-order valence-corrected chi connectivity index (χ4v) is 4.47. The van der Waals surface area contributed by atoms with Crippen LogP contribution in [-0.2, 0) is 10.0 Å². The molecule has 5 nitrogen and oxygen atoms in total. The highest BCUT2D eigenvalue weighted by Gasteiger charge is 2.24. The molecule has 1 atom stereocenters. The highest BCUT2D eigenvalue weighted by Crippen LogP contribution is 2.22. The lowest BCUT2D eigenvalue weighted by Gasteiger charge is -2.13. The Hall–Kier alpha value is -0.570. The highest BCUT2D eigenvalue weighted by molar-refractivity contribution is 7.98. The fraction of sp³-hybridized carbons (Fsp3) is 0.500. The third-order valence-corrected chi connectivity index (χ3v) is 5.53. The summed E-state index contributed by atoms with van der Waals surface area (Å²) in [6, 6.07) is 1.10. The zero-order valence-electron chi connectivity index (χ0n) is 10.0. The summed E-state index contributed by atoms with van der Waals surface area (Å²) < 4.78 is 26.5. The maximum atomic E-state index is 12.0. The smallest absolute Gasteiger partial charge is 0.347 e. The number of rotatable bonds is 7. The summed E-state index contributed by atoms with van der Waals surface area (Å²) >= 11 is 2.54. The van der Waals surface area contributed by atoms with Crippen LogP contribution in [0.2, 0.25) is 0 Å². The van der Waals surface area contributed by atoms with Crippen molar-refractivity contribution in [2.75, 3.05) is 12.0 Å². The van der Waals surface area contributed by atoms with Gasteiger partial charge in [0.25, 0.3) is 0 Å². The van der Waals surface area contributed by atoms with E-state index in [4.69, 9.17) is 5.11 Å². The van der Waals surface area contributed by atoms with E-state index in [1.54, 1.807) is 18.7 Å². The van der Waals surface area contributed by atoms with Gasteiger partial charge < -0.3 is 5.11 Å². The molecule has 0 saturated heterocycles. The molecule has 18 heavy (non-hydrogen) atoms. The van der Waals surface area contributed by atoms with Crippen LogP contribution in [0.3, 0.4) is 0 Å². The first-order chi connectivity index (χ1) is 8.38. The van der Waals surface area contributed by atoms with Crippen LogP contribution < -0.4 is 4.72 Å². The number of thiophene rings is 1. The van der Waals surface area contributed by atoms with Gasteiger partial charge in [0.05, 0.1) is 0 Å². The van der Waals surface area contributed by atoms with Crippen LogP contribution in [0, 0.1) is 0 Å². The lowest BCUT2D eigenvalue weighted by Crippen LogP contribution is -2.33. The number of nitrogens with one attached hydrogen (secondary N) is 1. The third kappa shape index (κ3) is 3.98. The monoisotopic (exact) mass is 309 g/mol. The number of hydrogen-bond donors (Lipinski definition) is 2. The van der Waals surface area contributed by atoms with Crippen molar-refractivity contribution in [2.24, 2.45) is 0 Å². The van der Waals surface area contributed by atoms with Crippen molar-refractivity contribution in [2.45, 2.75) is 24.3 Å². The van der Waals surface area contributed by atoms with E-state index in [0.29, 0.717) is 6.42 Å². The van der Waals surface area contributed by atoms with E-state index in [-0.39, 0.29) is 15.8 Å². The van der Waals surface area contributed by atoms with E-state index in [1.165, 1.54) is 11.4 Å². The number of aromatic carboxylic acids is 1. The number of hydrogen-bond acceptors (Lipinski definition) is 5. The van der Waals surface area contributed by atoms with Gasteiger partial charge in [-0.15, -0.1) is 11.3 Å². The van der Waals surface area contributed by atoms with E-state index in [1.807, 2.05) is 6.26 Å². The molecule has 0 saturated carbocycles. The Morgan fingerprint density at radius 1 is 1.61 bits per heavy atom. The van der Waals surface area contributed by atoms with Gasteiger partial charge >= 0.3 is 5.97 Å². The van der Waals surface area contributed by atoms with Gasteiger partial charge in [-0.1, -0.05) is 0 Å². The standard InChI is InChI=1S/C10H15NO4S3/c1-7(3-5-16-2)11-18(14,15)8-4-6-17-9(8)10(12)13/h4,6-7,11H,3,5H2,1-2H3,(H,12,13). The fourth-order valence-electron chi connectivity index (χ4n) is 1.35. The zero-order valence-corrected chi connectivity index (χ0v) is 12.5. The molecule has 0 aliphatic rings. The molecule has 0 fully saturated rings. The van der Waals surface area contributed by atoms with Crippen LogP contribution in [0.25, 0.3) is 0 Å². The van der Waals surface area contributed by atoms with E-state index in [0.717, 1.165) is 17.1 Å². The van der Waals surface area contributed by atoms with Crippen molar-refractivity contribution in [1.82, 2.24) is 4.72 Å². The molecule has 0 bridgehead atoms. The molecule has 1 heterocycles. The maximum absolute atomic E-state index is 12.0. The average molecular weight is 309 g/mol. The van der Waals surface area contributed by atoms with E-state index < -0.39 is 16.0 Å². The van der Waals surface area contributed by atoms with Crippen molar-refractivity contribution in [3.8, 4) is 0 Å².